The quantitative estimate of drug-likeness (QED) is 0.911. The highest BCUT2D eigenvalue weighted by Crippen LogP contribution is 2.48. The van der Waals surface area contributed by atoms with E-state index in [1.54, 1.807) is 12.4 Å². The standard InChI is InChI=1S/C16H17F3N4O/c1-10-22-21-9-23(10)6-5-20-15(24)14-8-13(14)11-3-2-4-12(7-11)16(17,18)19/h2-4,7,9,13-14H,5-6,8H2,1H3,(H,20,24). The number of rotatable bonds is 5. The predicted molar refractivity (Wildman–Crippen MR) is 80.1 cm³/mol. The molecular weight excluding hydrogens is 321 g/mol. The highest BCUT2D eigenvalue weighted by atomic mass is 19.4. The maximum atomic E-state index is 12.7. The summed E-state index contributed by atoms with van der Waals surface area (Å²) in [6.07, 6.45) is -2.19. The lowest BCUT2D eigenvalue weighted by Crippen LogP contribution is -2.29. The molecule has 5 nitrogen and oxygen atoms in total. The van der Waals surface area contributed by atoms with Crippen LogP contribution in [0.25, 0.3) is 0 Å². The van der Waals surface area contributed by atoms with Gasteiger partial charge in [-0.05, 0) is 30.9 Å². The summed E-state index contributed by atoms with van der Waals surface area (Å²) in [7, 11) is 0. The molecule has 0 saturated heterocycles. The van der Waals surface area contributed by atoms with Crippen LogP contribution in [-0.4, -0.2) is 27.2 Å². The summed E-state index contributed by atoms with van der Waals surface area (Å²) in [4.78, 5) is 12.1. The van der Waals surface area contributed by atoms with E-state index in [-0.39, 0.29) is 17.7 Å². The molecule has 1 aliphatic rings. The highest BCUT2D eigenvalue weighted by Gasteiger charge is 2.44. The number of aromatic nitrogens is 3. The Balaban J connectivity index is 1.53. The van der Waals surface area contributed by atoms with Crippen molar-refractivity contribution in [1.82, 2.24) is 20.1 Å². The number of carbonyl (C=O) groups is 1. The van der Waals surface area contributed by atoms with E-state index in [0.717, 1.165) is 18.0 Å². The minimum atomic E-state index is -4.36. The maximum Gasteiger partial charge on any atom is 0.416 e. The third-order valence-corrected chi connectivity index (χ3v) is 4.23. The second-order valence-corrected chi connectivity index (χ2v) is 5.93. The van der Waals surface area contributed by atoms with Gasteiger partial charge < -0.3 is 9.88 Å². The van der Waals surface area contributed by atoms with Gasteiger partial charge in [-0.15, -0.1) is 10.2 Å². The molecule has 1 fully saturated rings. The van der Waals surface area contributed by atoms with E-state index in [1.807, 2.05) is 11.5 Å². The molecule has 1 aromatic carbocycles. The molecule has 8 heteroatoms. The Bertz CT molecular complexity index is 741. The van der Waals surface area contributed by atoms with E-state index < -0.39 is 11.7 Å². The normalized spacial score (nSPS) is 20.0. The van der Waals surface area contributed by atoms with Gasteiger partial charge in [0.2, 0.25) is 5.91 Å². The number of amides is 1. The van der Waals surface area contributed by atoms with E-state index in [2.05, 4.69) is 15.5 Å². The van der Waals surface area contributed by atoms with Gasteiger partial charge in [0.15, 0.2) is 0 Å². The fourth-order valence-corrected chi connectivity index (χ4v) is 2.76. The molecule has 24 heavy (non-hydrogen) atoms. The Morgan fingerprint density at radius 1 is 1.42 bits per heavy atom. The van der Waals surface area contributed by atoms with Crippen LogP contribution in [0.1, 0.15) is 29.3 Å². The van der Waals surface area contributed by atoms with Gasteiger partial charge in [-0.2, -0.15) is 13.2 Å². The van der Waals surface area contributed by atoms with Gasteiger partial charge in [-0.25, -0.2) is 0 Å². The third kappa shape index (κ3) is 3.58. The van der Waals surface area contributed by atoms with Crippen molar-refractivity contribution in [3.8, 4) is 0 Å². The fraction of sp³-hybridized carbons (Fsp3) is 0.438. The number of alkyl halides is 3. The number of carbonyl (C=O) groups excluding carboxylic acids is 1. The molecule has 0 radical (unpaired) electrons. The number of hydrogen-bond donors (Lipinski definition) is 1. The number of nitrogens with one attached hydrogen (secondary N) is 1. The van der Waals surface area contributed by atoms with Crippen LogP contribution < -0.4 is 5.32 Å². The van der Waals surface area contributed by atoms with Crippen molar-refractivity contribution in [2.24, 2.45) is 5.92 Å². The Morgan fingerprint density at radius 3 is 2.88 bits per heavy atom. The van der Waals surface area contributed by atoms with Crippen molar-refractivity contribution in [3.05, 3.63) is 47.5 Å². The van der Waals surface area contributed by atoms with Crippen LogP contribution in [0.15, 0.2) is 30.6 Å². The Hall–Kier alpha value is -2.38. The minimum absolute atomic E-state index is 0.122. The van der Waals surface area contributed by atoms with Crippen LogP contribution in [-0.2, 0) is 17.5 Å². The van der Waals surface area contributed by atoms with Crippen LogP contribution in [0.4, 0.5) is 13.2 Å². The van der Waals surface area contributed by atoms with Crippen molar-refractivity contribution in [2.45, 2.75) is 32.0 Å². The molecule has 3 rings (SSSR count). The first-order chi connectivity index (χ1) is 11.4. The summed E-state index contributed by atoms with van der Waals surface area (Å²) in [5.74, 6) is 0.250. The molecule has 1 aromatic heterocycles. The number of nitrogens with zero attached hydrogens (tertiary/aromatic N) is 3. The lowest BCUT2D eigenvalue weighted by Gasteiger charge is -2.09. The van der Waals surface area contributed by atoms with Gasteiger partial charge in [0.25, 0.3) is 0 Å². The molecule has 1 heterocycles. The fourth-order valence-electron chi connectivity index (χ4n) is 2.76. The summed E-state index contributed by atoms with van der Waals surface area (Å²) < 4.78 is 40.1. The summed E-state index contributed by atoms with van der Waals surface area (Å²) in [6.45, 7) is 2.81. The highest BCUT2D eigenvalue weighted by molar-refractivity contribution is 5.82. The second-order valence-electron chi connectivity index (χ2n) is 5.93. The monoisotopic (exact) mass is 338 g/mol. The lowest BCUT2D eigenvalue weighted by atomic mass is 10.1. The number of halogens is 3. The zero-order valence-electron chi connectivity index (χ0n) is 13.0. The van der Waals surface area contributed by atoms with Gasteiger partial charge in [0.05, 0.1) is 5.56 Å². The molecule has 2 atom stereocenters. The molecule has 2 unspecified atom stereocenters. The SMILES string of the molecule is Cc1nncn1CCNC(=O)C1CC1c1cccc(C(F)(F)F)c1. The van der Waals surface area contributed by atoms with E-state index in [4.69, 9.17) is 0 Å². The van der Waals surface area contributed by atoms with Crippen molar-refractivity contribution < 1.29 is 18.0 Å². The molecule has 1 aliphatic carbocycles. The zero-order valence-corrected chi connectivity index (χ0v) is 13.0. The number of aryl methyl sites for hydroxylation is 1. The van der Waals surface area contributed by atoms with E-state index >= 15 is 0 Å². The third-order valence-electron chi connectivity index (χ3n) is 4.23. The second kappa shape index (κ2) is 6.26. The summed E-state index contributed by atoms with van der Waals surface area (Å²) in [6, 6.07) is 5.22. The van der Waals surface area contributed by atoms with Gasteiger partial charge >= 0.3 is 6.18 Å². The van der Waals surface area contributed by atoms with Crippen molar-refractivity contribution >= 4 is 5.91 Å². The molecule has 2 aromatic rings. The molecule has 128 valence electrons. The van der Waals surface area contributed by atoms with Gasteiger partial charge in [0.1, 0.15) is 12.2 Å². The molecule has 0 spiro atoms. The van der Waals surface area contributed by atoms with Crippen LogP contribution in [0.3, 0.4) is 0 Å². The van der Waals surface area contributed by atoms with Crippen molar-refractivity contribution in [2.75, 3.05) is 6.54 Å². The number of benzene rings is 1. The van der Waals surface area contributed by atoms with Crippen LogP contribution in [0.5, 0.6) is 0 Å². The van der Waals surface area contributed by atoms with Crippen LogP contribution >= 0.6 is 0 Å². The summed E-state index contributed by atoms with van der Waals surface area (Å²) in [5, 5.41) is 10.4. The lowest BCUT2D eigenvalue weighted by molar-refractivity contribution is -0.137. The number of hydrogen-bond acceptors (Lipinski definition) is 3. The van der Waals surface area contributed by atoms with Crippen molar-refractivity contribution in [3.63, 3.8) is 0 Å². The average molecular weight is 338 g/mol. The zero-order chi connectivity index (χ0) is 17.3. The van der Waals surface area contributed by atoms with Crippen LogP contribution in [0.2, 0.25) is 0 Å². The Labute approximate surface area is 136 Å². The molecule has 0 bridgehead atoms. The van der Waals surface area contributed by atoms with Gasteiger partial charge in [0, 0.05) is 19.0 Å². The van der Waals surface area contributed by atoms with Crippen LogP contribution in [0, 0.1) is 12.8 Å². The first kappa shape index (κ1) is 16.5. The smallest absolute Gasteiger partial charge is 0.354 e. The van der Waals surface area contributed by atoms with Gasteiger partial charge in [-0.3, -0.25) is 4.79 Å². The first-order valence-electron chi connectivity index (χ1n) is 7.65. The minimum Gasteiger partial charge on any atom is -0.354 e. The van der Waals surface area contributed by atoms with E-state index in [9.17, 15) is 18.0 Å². The van der Waals surface area contributed by atoms with Crippen molar-refractivity contribution in [1.29, 1.82) is 0 Å². The molecular formula is C16H17F3N4O. The maximum absolute atomic E-state index is 12.7. The topological polar surface area (TPSA) is 59.8 Å². The summed E-state index contributed by atoms with van der Waals surface area (Å²) >= 11 is 0. The summed E-state index contributed by atoms with van der Waals surface area (Å²) in [5.41, 5.74) is -0.103. The van der Waals surface area contributed by atoms with E-state index in [1.165, 1.54) is 6.07 Å². The Morgan fingerprint density at radius 2 is 2.21 bits per heavy atom. The van der Waals surface area contributed by atoms with E-state index in [0.29, 0.717) is 25.1 Å². The average Bonchev–Trinajstić information content (AvgIpc) is 3.24. The predicted octanol–water partition coefficient (Wildman–Crippen LogP) is 2.53. The first-order valence-corrected chi connectivity index (χ1v) is 7.65. The largest absolute Gasteiger partial charge is 0.416 e. The molecule has 1 N–H and O–H groups in total. The molecule has 0 aliphatic heterocycles. The van der Waals surface area contributed by atoms with Gasteiger partial charge in [-0.1, -0.05) is 18.2 Å². The molecule has 1 amide bonds. The Kier molecular flexibility index (Phi) is 4.29. The molecule has 1 saturated carbocycles.